The summed E-state index contributed by atoms with van der Waals surface area (Å²) in [5.41, 5.74) is 2.34. The fourth-order valence-corrected chi connectivity index (χ4v) is 6.47. The fourth-order valence-electron chi connectivity index (χ4n) is 3.40. The van der Waals surface area contributed by atoms with Gasteiger partial charge in [0.05, 0.1) is 23.6 Å². The number of sulfone groups is 1. The van der Waals surface area contributed by atoms with E-state index in [0.29, 0.717) is 11.6 Å². The first-order valence-corrected chi connectivity index (χ1v) is 11.6. The maximum Gasteiger partial charge on any atom is 0.160 e. The number of hydrogen-bond donors (Lipinski definition) is 0. The predicted molar refractivity (Wildman–Crippen MR) is 108 cm³/mol. The highest BCUT2D eigenvalue weighted by molar-refractivity contribution is 8.13. The van der Waals surface area contributed by atoms with E-state index in [1.807, 2.05) is 42.5 Å². The van der Waals surface area contributed by atoms with Crippen LogP contribution in [0.5, 0.6) is 0 Å². The summed E-state index contributed by atoms with van der Waals surface area (Å²) in [7, 11) is -3.01. The Labute approximate surface area is 163 Å². The van der Waals surface area contributed by atoms with Gasteiger partial charge in [0.2, 0.25) is 0 Å². The molecule has 2 aliphatic rings. The molecule has 4 nitrogen and oxygen atoms in total. The fraction of sp³-hybridized carbons (Fsp3) is 0.316. The predicted octanol–water partition coefficient (Wildman–Crippen LogP) is 3.61. The third-order valence-corrected chi connectivity index (χ3v) is 7.72. The zero-order valence-corrected chi connectivity index (χ0v) is 16.5. The van der Waals surface area contributed by atoms with Gasteiger partial charge in [-0.3, -0.25) is 4.99 Å². The molecular weight excluding hydrogens is 388 g/mol. The molecule has 2 heterocycles. The van der Waals surface area contributed by atoms with Gasteiger partial charge in [0.15, 0.2) is 15.0 Å². The molecule has 136 valence electrons. The molecule has 1 fully saturated rings. The summed E-state index contributed by atoms with van der Waals surface area (Å²) in [6.07, 6.45) is 0. The molecule has 26 heavy (non-hydrogen) atoms. The molecule has 0 unspecified atom stereocenters. The SMILES string of the molecule is O=S1(=O)C[C@@H]2N=C(SCc3ccccc3)N(Cc3ccc(Cl)cc3)[C@H]2C1. The van der Waals surface area contributed by atoms with Crippen LogP contribution in [-0.2, 0) is 22.1 Å². The Morgan fingerprint density at radius 2 is 1.77 bits per heavy atom. The van der Waals surface area contributed by atoms with Gasteiger partial charge in [-0.05, 0) is 23.3 Å². The molecule has 7 heteroatoms. The Morgan fingerprint density at radius 3 is 2.50 bits per heavy atom. The number of amidine groups is 1. The second kappa shape index (κ2) is 7.25. The second-order valence-corrected chi connectivity index (χ2v) is 10.2. The lowest BCUT2D eigenvalue weighted by Crippen LogP contribution is -2.38. The molecule has 0 saturated carbocycles. The van der Waals surface area contributed by atoms with Crippen molar-refractivity contribution >= 4 is 38.4 Å². The standard InChI is InChI=1S/C19H19ClN2O2S2/c20-16-8-6-14(7-9-16)10-22-18-13-26(23,24)12-17(18)21-19(22)25-11-15-4-2-1-3-5-15/h1-9,17-18H,10-13H2/t17-,18-/m0/s1. The van der Waals surface area contributed by atoms with Crippen LogP contribution in [0.1, 0.15) is 11.1 Å². The Bertz CT molecular complexity index is 914. The molecule has 0 amide bonds. The molecule has 0 N–H and O–H groups in total. The molecule has 4 rings (SSSR count). The number of nitrogens with zero attached hydrogens (tertiary/aromatic N) is 2. The molecule has 0 radical (unpaired) electrons. The molecule has 0 aromatic heterocycles. The van der Waals surface area contributed by atoms with Crippen LogP contribution in [-0.4, -0.2) is 42.1 Å². The van der Waals surface area contributed by atoms with Crippen molar-refractivity contribution in [3.8, 4) is 0 Å². The van der Waals surface area contributed by atoms with Crippen molar-refractivity contribution in [2.45, 2.75) is 24.4 Å². The van der Waals surface area contributed by atoms with Crippen molar-refractivity contribution in [3.63, 3.8) is 0 Å². The first kappa shape index (κ1) is 17.9. The van der Waals surface area contributed by atoms with Crippen LogP contribution < -0.4 is 0 Å². The minimum absolute atomic E-state index is 0.0612. The van der Waals surface area contributed by atoms with Crippen molar-refractivity contribution in [2.24, 2.45) is 4.99 Å². The summed E-state index contributed by atoms with van der Waals surface area (Å²) in [6, 6.07) is 17.7. The minimum atomic E-state index is -3.01. The van der Waals surface area contributed by atoms with E-state index in [9.17, 15) is 8.42 Å². The van der Waals surface area contributed by atoms with Gasteiger partial charge >= 0.3 is 0 Å². The number of hydrogen-bond acceptors (Lipinski definition) is 5. The smallest absolute Gasteiger partial charge is 0.160 e. The Kier molecular flexibility index (Phi) is 4.99. The lowest BCUT2D eigenvalue weighted by atomic mass is 10.1. The molecule has 0 bridgehead atoms. The molecule has 2 aliphatic heterocycles. The van der Waals surface area contributed by atoms with Gasteiger partial charge in [0.25, 0.3) is 0 Å². The van der Waals surface area contributed by atoms with Gasteiger partial charge in [0.1, 0.15) is 0 Å². The first-order valence-electron chi connectivity index (χ1n) is 8.46. The van der Waals surface area contributed by atoms with Crippen LogP contribution in [0.3, 0.4) is 0 Å². The van der Waals surface area contributed by atoms with Crippen LogP contribution in [0, 0.1) is 0 Å². The average Bonchev–Trinajstić information content (AvgIpc) is 3.08. The van der Waals surface area contributed by atoms with Gasteiger partial charge in [-0.25, -0.2) is 8.42 Å². The van der Waals surface area contributed by atoms with Gasteiger partial charge in [0, 0.05) is 17.3 Å². The zero-order chi connectivity index (χ0) is 18.1. The van der Waals surface area contributed by atoms with E-state index >= 15 is 0 Å². The lowest BCUT2D eigenvalue weighted by molar-refractivity contribution is 0.343. The van der Waals surface area contributed by atoms with Gasteiger partial charge in [-0.2, -0.15) is 0 Å². The third kappa shape index (κ3) is 3.92. The first-order chi connectivity index (χ1) is 12.5. The zero-order valence-electron chi connectivity index (χ0n) is 14.1. The number of aliphatic imine (C=N–C) groups is 1. The van der Waals surface area contributed by atoms with E-state index in [4.69, 9.17) is 16.6 Å². The van der Waals surface area contributed by atoms with E-state index in [1.165, 1.54) is 5.56 Å². The summed E-state index contributed by atoms with van der Waals surface area (Å²) in [6.45, 7) is 0.647. The normalized spacial score (nSPS) is 23.7. The quantitative estimate of drug-likeness (QED) is 0.778. The van der Waals surface area contributed by atoms with Crippen molar-refractivity contribution in [1.82, 2.24) is 4.90 Å². The molecule has 2 atom stereocenters. The third-order valence-electron chi connectivity index (χ3n) is 4.69. The van der Waals surface area contributed by atoms with E-state index in [2.05, 4.69) is 17.0 Å². The second-order valence-electron chi connectivity index (χ2n) is 6.65. The van der Waals surface area contributed by atoms with Gasteiger partial charge in [-0.15, -0.1) is 0 Å². The average molecular weight is 407 g/mol. The maximum absolute atomic E-state index is 12.1. The summed E-state index contributed by atoms with van der Waals surface area (Å²) in [5.74, 6) is 1.16. The molecular formula is C19H19ClN2O2S2. The van der Waals surface area contributed by atoms with E-state index in [0.717, 1.165) is 16.5 Å². The Morgan fingerprint density at radius 1 is 1.04 bits per heavy atom. The van der Waals surface area contributed by atoms with Crippen LogP contribution >= 0.6 is 23.4 Å². The van der Waals surface area contributed by atoms with E-state index in [-0.39, 0.29) is 23.6 Å². The molecule has 2 aromatic rings. The van der Waals surface area contributed by atoms with Crippen LogP contribution in [0.15, 0.2) is 59.6 Å². The lowest BCUT2D eigenvalue weighted by Gasteiger charge is -2.26. The van der Waals surface area contributed by atoms with Crippen molar-refractivity contribution < 1.29 is 8.42 Å². The molecule has 1 saturated heterocycles. The van der Waals surface area contributed by atoms with Crippen LogP contribution in [0.25, 0.3) is 0 Å². The highest BCUT2D eigenvalue weighted by Crippen LogP contribution is 2.33. The van der Waals surface area contributed by atoms with E-state index in [1.54, 1.807) is 11.8 Å². The Balaban J connectivity index is 1.54. The summed E-state index contributed by atoms with van der Waals surface area (Å²) in [5, 5.41) is 1.64. The monoisotopic (exact) mass is 406 g/mol. The molecule has 0 spiro atoms. The number of fused-ring (bicyclic) bond motifs is 1. The van der Waals surface area contributed by atoms with Crippen molar-refractivity contribution in [3.05, 3.63) is 70.7 Å². The van der Waals surface area contributed by atoms with Crippen molar-refractivity contribution in [1.29, 1.82) is 0 Å². The number of rotatable bonds is 4. The number of thioether (sulfide) groups is 1. The largest absolute Gasteiger partial charge is 0.341 e. The minimum Gasteiger partial charge on any atom is -0.341 e. The summed E-state index contributed by atoms with van der Waals surface area (Å²) < 4.78 is 24.1. The van der Waals surface area contributed by atoms with Crippen molar-refractivity contribution in [2.75, 3.05) is 11.5 Å². The van der Waals surface area contributed by atoms with Crippen LogP contribution in [0.2, 0.25) is 5.02 Å². The number of benzene rings is 2. The molecule has 2 aromatic carbocycles. The van der Waals surface area contributed by atoms with Gasteiger partial charge in [-0.1, -0.05) is 65.8 Å². The highest BCUT2D eigenvalue weighted by atomic mass is 35.5. The van der Waals surface area contributed by atoms with Crippen LogP contribution in [0.4, 0.5) is 0 Å². The maximum atomic E-state index is 12.1. The Hall–Kier alpha value is -1.50. The topological polar surface area (TPSA) is 49.7 Å². The van der Waals surface area contributed by atoms with Gasteiger partial charge < -0.3 is 4.90 Å². The number of halogens is 1. The van der Waals surface area contributed by atoms with E-state index < -0.39 is 9.84 Å². The summed E-state index contributed by atoms with van der Waals surface area (Å²) >= 11 is 7.66. The molecule has 0 aliphatic carbocycles. The summed E-state index contributed by atoms with van der Waals surface area (Å²) in [4.78, 5) is 6.91. The highest BCUT2D eigenvalue weighted by Gasteiger charge is 2.46.